The number of furan rings is 1. The van der Waals surface area contributed by atoms with Crippen LogP contribution in [0.3, 0.4) is 0 Å². The Hall–Kier alpha value is -3.47. The number of hydrogen-bond donors (Lipinski definition) is 0. The molecule has 0 saturated heterocycles. The van der Waals surface area contributed by atoms with Gasteiger partial charge in [-0.2, -0.15) is 0 Å². The van der Waals surface area contributed by atoms with Gasteiger partial charge in [0.25, 0.3) is 0 Å². The van der Waals surface area contributed by atoms with Crippen molar-refractivity contribution in [2.45, 2.75) is 0 Å². The number of carbonyl (C=O) groups excluding carboxylic acids is 1. The van der Waals surface area contributed by atoms with E-state index in [4.69, 9.17) is 9.15 Å². The highest BCUT2D eigenvalue weighted by Crippen LogP contribution is 2.27. The van der Waals surface area contributed by atoms with E-state index in [1.165, 1.54) is 12.1 Å². The molecular formula is C20H12FNO3. The van der Waals surface area contributed by atoms with Crippen molar-refractivity contribution in [2.24, 2.45) is 4.99 Å². The van der Waals surface area contributed by atoms with E-state index in [9.17, 15) is 9.18 Å². The molecule has 122 valence electrons. The third-order valence-electron chi connectivity index (χ3n) is 3.69. The topological polar surface area (TPSA) is 51.8 Å². The maximum Gasteiger partial charge on any atom is 0.363 e. The number of hydrogen-bond acceptors (Lipinski definition) is 4. The second kappa shape index (κ2) is 6.20. The van der Waals surface area contributed by atoms with E-state index in [1.54, 1.807) is 42.5 Å². The van der Waals surface area contributed by atoms with Crippen molar-refractivity contribution in [2.75, 3.05) is 0 Å². The fourth-order valence-corrected chi connectivity index (χ4v) is 2.48. The number of esters is 1. The number of carbonyl (C=O) groups is 1. The Bertz CT molecular complexity index is 1000. The first-order valence-corrected chi connectivity index (χ1v) is 7.63. The van der Waals surface area contributed by atoms with Gasteiger partial charge in [0.05, 0.1) is 5.56 Å². The Morgan fingerprint density at radius 2 is 1.68 bits per heavy atom. The smallest absolute Gasteiger partial charge is 0.363 e. The first-order valence-electron chi connectivity index (χ1n) is 7.63. The molecule has 0 bridgehead atoms. The third-order valence-corrected chi connectivity index (χ3v) is 3.69. The highest BCUT2D eigenvalue weighted by atomic mass is 19.1. The molecule has 2 aromatic carbocycles. The van der Waals surface area contributed by atoms with Crippen molar-refractivity contribution >= 4 is 17.9 Å². The van der Waals surface area contributed by atoms with E-state index in [0.29, 0.717) is 22.6 Å². The van der Waals surface area contributed by atoms with E-state index < -0.39 is 5.97 Å². The Morgan fingerprint density at radius 1 is 0.920 bits per heavy atom. The molecule has 2 heterocycles. The Kier molecular flexibility index (Phi) is 3.74. The fraction of sp³-hybridized carbons (Fsp3) is 0. The van der Waals surface area contributed by atoms with Crippen LogP contribution in [0.1, 0.15) is 11.3 Å². The maximum absolute atomic E-state index is 13.8. The van der Waals surface area contributed by atoms with Gasteiger partial charge >= 0.3 is 5.97 Å². The number of cyclic esters (lactones) is 1. The summed E-state index contributed by atoms with van der Waals surface area (Å²) in [6, 6.07) is 18.8. The van der Waals surface area contributed by atoms with Gasteiger partial charge in [-0.05, 0) is 36.4 Å². The summed E-state index contributed by atoms with van der Waals surface area (Å²) in [4.78, 5) is 16.2. The Labute approximate surface area is 142 Å². The molecule has 1 aliphatic heterocycles. The van der Waals surface area contributed by atoms with Gasteiger partial charge in [0.15, 0.2) is 5.70 Å². The minimum Gasteiger partial charge on any atom is -0.457 e. The van der Waals surface area contributed by atoms with Crippen molar-refractivity contribution in [3.8, 4) is 11.3 Å². The molecule has 0 aliphatic carbocycles. The minimum atomic E-state index is -0.553. The van der Waals surface area contributed by atoms with E-state index in [0.717, 1.165) is 0 Å². The molecule has 0 fully saturated rings. The number of benzene rings is 2. The molecule has 0 amide bonds. The zero-order valence-corrected chi connectivity index (χ0v) is 13.0. The number of ether oxygens (including phenoxy) is 1. The maximum atomic E-state index is 13.8. The monoisotopic (exact) mass is 333 g/mol. The molecule has 0 N–H and O–H groups in total. The normalized spacial score (nSPS) is 15.3. The van der Waals surface area contributed by atoms with Crippen molar-refractivity contribution in [3.05, 3.63) is 89.6 Å². The van der Waals surface area contributed by atoms with Gasteiger partial charge in [0.2, 0.25) is 5.90 Å². The van der Waals surface area contributed by atoms with E-state index in [1.807, 2.05) is 18.2 Å². The van der Waals surface area contributed by atoms with Crippen molar-refractivity contribution in [3.63, 3.8) is 0 Å². The van der Waals surface area contributed by atoms with Gasteiger partial charge in [-0.25, -0.2) is 14.2 Å². The summed E-state index contributed by atoms with van der Waals surface area (Å²) in [6.45, 7) is 0. The van der Waals surface area contributed by atoms with Gasteiger partial charge in [0, 0.05) is 11.6 Å². The highest BCUT2D eigenvalue weighted by Gasteiger charge is 2.24. The largest absolute Gasteiger partial charge is 0.457 e. The summed E-state index contributed by atoms with van der Waals surface area (Å²) in [5.41, 5.74) is 1.20. The first kappa shape index (κ1) is 15.1. The van der Waals surface area contributed by atoms with E-state index in [-0.39, 0.29) is 17.4 Å². The summed E-state index contributed by atoms with van der Waals surface area (Å²) in [6.07, 6.45) is 1.47. The van der Waals surface area contributed by atoms with Crippen LogP contribution in [0.2, 0.25) is 0 Å². The van der Waals surface area contributed by atoms with Crippen molar-refractivity contribution in [1.29, 1.82) is 0 Å². The molecular weight excluding hydrogens is 321 g/mol. The highest BCUT2D eigenvalue weighted by molar-refractivity contribution is 6.12. The second-order valence-corrected chi connectivity index (χ2v) is 5.38. The molecule has 5 heteroatoms. The molecule has 1 aliphatic rings. The van der Waals surface area contributed by atoms with Crippen LogP contribution in [-0.2, 0) is 9.53 Å². The van der Waals surface area contributed by atoms with Gasteiger partial charge < -0.3 is 9.15 Å². The Morgan fingerprint density at radius 3 is 2.48 bits per heavy atom. The van der Waals surface area contributed by atoms with E-state index >= 15 is 0 Å². The quantitative estimate of drug-likeness (QED) is 0.526. The van der Waals surface area contributed by atoms with Gasteiger partial charge in [-0.15, -0.1) is 0 Å². The Balaban J connectivity index is 1.64. The lowest BCUT2D eigenvalue weighted by Crippen LogP contribution is -2.04. The molecule has 1 aromatic heterocycles. The molecule has 4 rings (SSSR count). The lowest BCUT2D eigenvalue weighted by atomic mass is 10.1. The van der Waals surface area contributed by atoms with Gasteiger partial charge in [-0.3, -0.25) is 0 Å². The van der Waals surface area contributed by atoms with Gasteiger partial charge in [0.1, 0.15) is 17.3 Å². The molecule has 25 heavy (non-hydrogen) atoms. The number of halogens is 1. The predicted octanol–water partition coefficient (Wildman–Crippen LogP) is 4.43. The molecule has 0 radical (unpaired) electrons. The molecule has 0 saturated carbocycles. The van der Waals surface area contributed by atoms with Crippen LogP contribution in [-0.4, -0.2) is 11.9 Å². The summed E-state index contributed by atoms with van der Waals surface area (Å²) < 4.78 is 24.6. The molecule has 3 aromatic rings. The summed E-state index contributed by atoms with van der Waals surface area (Å²) in [7, 11) is 0. The van der Waals surface area contributed by atoms with Crippen LogP contribution in [0.5, 0.6) is 0 Å². The number of aliphatic imine (C=N–C) groups is 1. The average Bonchev–Trinajstić information content (AvgIpc) is 3.24. The van der Waals surface area contributed by atoms with Crippen LogP contribution >= 0.6 is 0 Å². The number of nitrogens with zero attached hydrogens (tertiary/aromatic N) is 1. The fourth-order valence-electron chi connectivity index (χ4n) is 2.48. The average molecular weight is 333 g/mol. The third kappa shape index (κ3) is 2.99. The molecule has 0 unspecified atom stereocenters. The predicted molar refractivity (Wildman–Crippen MR) is 91.2 cm³/mol. The van der Waals surface area contributed by atoms with Crippen LogP contribution in [0.4, 0.5) is 4.39 Å². The first-order chi connectivity index (χ1) is 12.2. The second-order valence-electron chi connectivity index (χ2n) is 5.38. The minimum absolute atomic E-state index is 0.133. The van der Waals surface area contributed by atoms with Crippen LogP contribution < -0.4 is 0 Å². The zero-order valence-electron chi connectivity index (χ0n) is 13.0. The standard InChI is InChI=1S/C20H12FNO3/c21-16-9-5-4-8-15(16)18-11-10-14(24-18)12-17-20(23)25-19(22-17)13-6-2-1-3-7-13/h1-12H. The molecule has 0 atom stereocenters. The van der Waals surface area contributed by atoms with Crippen LogP contribution in [0.15, 0.2) is 81.8 Å². The van der Waals surface area contributed by atoms with E-state index in [2.05, 4.69) is 4.99 Å². The van der Waals surface area contributed by atoms with Crippen LogP contribution in [0.25, 0.3) is 17.4 Å². The van der Waals surface area contributed by atoms with Crippen LogP contribution in [0, 0.1) is 5.82 Å². The zero-order chi connectivity index (χ0) is 17.2. The lowest BCUT2D eigenvalue weighted by Gasteiger charge is -1.97. The van der Waals surface area contributed by atoms with Crippen molar-refractivity contribution in [1.82, 2.24) is 0 Å². The molecule has 4 nitrogen and oxygen atoms in total. The molecule has 0 spiro atoms. The lowest BCUT2D eigenvalue weighted by molar-refractivity contribution is -0.129. The SMILES string of the molecule is O=C1OC(c2ccccc2)=NC1=Cc1ccc(-c2ccccc2F)o1. The van der Waals surface area contributed by atoms with Gasteiger partial charge in [-0.1, -0.05) is 30.3 Å². The number of rotatable bonds is 3. The summed E-state index contributed by atoms with van der Waals surface area (Å²) in [5.74, 6) is 0.0907. The summed E-state index contributed by atoms with van der Waals surface area (Å²) >= 11 is 0. The van der Waals surface area contributed by atoms with Crippen molar-refractivity contribution < 1.29 is 18.3 Å². The summed E-state index contributed by atoms with van der Waals surface area (Å²) in [5, 5.41) is 0.